The van der Waals surface area contributed by atoms with Crippen LogP contribution in [-0.4, -0.2) is 46.6 Å². The number of amides is 1. The van der Waals surface area contributed by atoms with Crippen LogP contribution in [0.2, 0.25) is 0 Å². The van der Waals surface area contributed by atoms with E-state index >= 15 is 0 Å². The Morgan fingerprint density at radius 2 is 1.88 bits per heavy atom. The summed E-state index contributed by atoms with van der Waals surface area (Å²) in [6.45, 7) is 0.408. The van der Waals surface area contributed by atoms with Gasteiger partial charge < -0.3 is 19.2 Å². The highest BCUT2D eigenvalue weighted by Gasteiger charge is 2.18. The minimum Gasteiger partial charge on any atom is -0.497 e. The summed E-state index contributed by atoms with van der Waals surface area (Å²) in [5.41, 5.74) is 1.82. The highest BCUT2D eigenvalue weighted by Crippen LogP contribution is 2.27. The number of carbonyl (C=O) groups is 2. The Bertz CT molecular complexity index is 1270. The molecule has 34 heavy (non-hydrogen) atoms. The van der Waals surface area contributed by atoms with E-state index in [1.807, 2.05) is 41.0 Å². The molecule has 0 aliphatic rings. The number of rotatable bonds is 9. The predicted molar refractivity (Wildman–Crippen MR) is 127 cm³/mol. The maximum Gasteiger partial charge on any atom is 0.337 e. The Labute approximate surface area is 200 Å². The van der Waals surface area contributed by atoms with Crippen LogP contribution in [-0.2, 0) is 16.1 Å². The van der Waals surface area contributed by atoms with E-state index in [9.17, 15) is 9.59 Å². The van der Waals surface area contributed by atoms with Crippen LogP contribution in [0.5, 0.6) is 5.75 Å². The van der Waals surface area contributed by atoms with Gasteiger partial charge in [0.1, 0.15) is 11.5 Å². The highest BCUT2D eigenvalue weighted by molar-refractivity contribution is 7.99. The van der Waals surface area contributed by atoms with Gasteiger partial charge in [-0.05, 0) is 48.5 Å². The molecule has 4 aromatic rings. The zero-order valence-electron chi connectivity index (χ0n) is 18.6. The molecular formula is C24H22N4O5S. The third kappa shape index (κ3) is 5.46. The first-order chi connectivity index (χ1) is 16.6. The maximum atomic E-state index is 12.5. The molecule has 0 aliphatic heterocycles. The number of hydrogen-bond donors (Lipinski definition) is 1. The Balaban J connectivity index is 1.49. The zero-order chi connectivity index (χ0) is 23.9. The van der Waals surface area contributed by atoms with E-state index in [0.717, 1.165) is 11.3 Å². The molecule has 0 aliphatic carbocycles. The molecule has 1 N–H and O–H groups in total. The van der Waals surface area contributed by atoms with E-state index in [0.29, 0.717) is 34.5 Å². The van der Waals surface area contributed by atoms with Crippen LogP contribution in [0.4, 0.5) is 5.69 Å². The summed E-state index contributed by atoms with van der Waals surface area (Å²) in [7, 11) is 2.93. The Kier molecular flexibility index (Phi) is 7.28. The van der Waals surface area contributed by atoms with Crippen molar-refractivity contribution in [3.05, 3.63) is 78.3 Å². The van der Waals surface area contributed by atoms with Gasteiger partial charge in [-0.2, -0.15) is 0 Å². The Morgan fingerprint density at radius 3 is 2.59 bits per heavy atom. The number of nitrogens with one attached hydrogen (secondary N) is 1. The second-order valence-corrected chi connectivity index (χ2v) is 8.05. The molecule has 0 saturated carbocycles. The van der Waals surface area contributed by atoms with Gasteiger partial charge in [0.2, 0.25) is 5.91 Å². The lowest BCUT2D eigenvalue weighted by Crippen LogP contribution is -2.15. The highest BCUT2D eigenvalue weighted by atomic mass is 32.2. The molecule has 4 rings (SSSR count). The van der Waals surface area contributed by atoms with Gasteiger partial charge in [0.05, 0.1) is 38.3 Å². The first-order valence-corrected chi connectivity index (χ1v) is 11.3. The lowest BCUT2D eigenvalue weighted by molar-refractivity contribution is -0.113. The number of carbonyl (C=O) groups excluding carboxylic acids is 2. The fraction of sp³-hybridized carbons (Fsp3) is 0.167. The van der Waals surface area contributed by atoms with Crippen LogP contribution < -0.4 is 10.1 Å². The summed E-state index contributed by atoms with van der Waals surface area (Å²) >= 11 is 1.26. The van der Waals surface area contributed by atoms with Crippen molar-refractivity contribution >= 4 is 29.3 Å². The summed E-state index contributed by atoms with van der Waals surface area (Å²) in [4.78, 5) is 24.1. The zero-order valence-corrected chi connectivity index (χ0v) is 19.4. The largest absolute Gasteiger partial charge is 0.497 e. The summed E-state index contributed by atoms with van der Waals surface area (Å²) in [5.74, 6) is 1.55. The fourth-order valence-corrected chi connectivity index (χ4v) is 3.94. The van der Waals surface area contributed by atoms with Crippen molar-refractivity contribution in [2.45, 2.75) is 11.7 Å². The molecule has 0 fully saturated rings. The molecule has 0 spiro atoms. The predicted octanol–water partition coefficient (Wildman–Crippen LogP) is 4.11. The molecule has 9 nitrogen and oxygen atoms in total. The molecule has 10 heteroatoms. The third-order valence-corrected chi connectivity index (χ3v) is 5.83. The van der Waals surface area contributed by atoms with Crippen LogP contribution in [0.1, 0.15) is 16.1 Å². The molecule has 0 bridgehead atoms. The smallest absolute Gasteiger partial charge is 0.337 e. The molecule has 2 aromatic carbocycles. The van der Waals surface area contributed by atoms with Crippen molar-refractivity contribution in [3.8, 4) is 17.1 Å². The third-order valence-electron chi connectivity index (χ3n) is 4.86. The number of furan rings is 1. The fourth-order valence-electron chi connectivity index (χ4n) is 3.21. The van der Waals surface area contributed by atoms with Crippen molar-refractivity contribution in [1.82, 2.24) is 14.8 Å². The van der Waals surface area contributed by atoms with Gasteiger partial charge in [-0.15, -0.1) is 10.2 Å². The molecule has 174 valence electrons. The van der Waals surface area contributed by atoms with E-state index in [1.165, 1.54) is 18.9 Å². The van der Waals surface area contributed by atoms with Crippen molar-refractivity contribution in [1.29, 1.82) is 0 Å². The van der Waals surface area contributed by atoms with E-state index in [4.69, 9.17) is 9.15 Å². The van der Waals surface area contributed by atoms with Crippen LogP contribution in [0.15, 0.2) is 76.5 Å². The van der Waals surface area contributed by atoms with Gasteiger partial charge in [-0.25, -0.2) is 4.79 Å². The van der Waals surface area contributed by atoms with E-state index < -0.39 is 5.97 Å². The molecule has 0 unspecified atom stereocenters. The summed E-state index contributed by atoms with van der Waals surface area (Å²) in [6, 6.07) is 17.7. The molecule has 0 radical (unpaired) electrons. The van der Waals surface area contributed by atoms with Crippen LogP contribution in [0.25, 0.3) is 11.4 Å². The number of ether oxygens (including phenoxy) is 2. The van der Waals surface area contributed by atoms with E-state index in [1.54, 1.807) is 37.6 Å². The number of anilines is 1. The van der Waals surface area contributed by atoms with Gasteiger partial charge in [-0.3, -0.25) is 9.36 Å². The monoisotopic (exact) mass is 478 g/mol. The lowest BCUT2D eigenvalue weighted by Gasteiger charge is -2.10. The normalized spacial score (nSPS) is 10.6. The summed E-state index contributed by atoms with van der Waals surface area (Å²) in [5, 5.41) is 12.1. The minimum absolute atomic E-state index is 0.118. The second kappa shape index (κ2) is 10.7. The average molecular weight is 479 g/mol. The molecule has 1 amide bonds. The van der Waals surface area contributed by atoms with Crippen molar-refractivity contribution in [2.24, 2.45) is 0 Å². The average Bonchev–Trinajstić information content (AvgIpc) is 3.53. The van der Waals surface area contributed by atoms with Crippen LogP contribution >= 0.6 is 11.8 Å². The number of esters is 1. The number of thioether (sulfide) groups is 1. The molecule has 0 atom stereocenters. The Morgan fingerprint density at radius 1 is 1.06 bits per heavy atom. The quantitative estimate of drug-likeness (QED) is 0.283. The van der Waals surface area contributed by atoms with Crippen molar-refractivity contribution in [3.63, 3.8) is 0 Å². The topological polar surface area (TPSA) is 108 Å². The first-order valence-electron chi connectivity index (χ1n) is 10.3. The summed E-state index contributed by atoms with van der Waals surface area (Å²) < 4.78 is 17.4. The van der Waals surface area contributed by atoms with E-state index in [2.05, 4.69) is 20.3 Å². The first kappa shape index (κ1) is 23.1. The van der Waals surface area contributed by atoms with Gasteiger partial charge in [-0.1, -0.05) is 23.9 Å². The van der Waals surface area contributed by atoms with Crippen LogP contribution in [0, 0.1) is 0 Å². The lowest BCUT2D eigenvalue weighted by atomic mass is 10.2. The number of benzene rings is 2. The molecule has 2 heterocycles. The van der Waals surface area contributed by atoms with Crippen molar-refractivity contribution in [2.75, 3.05) is 25.3 Å². The van der Waals surface area contributed by atoms with E-state index in [-0.39, 0.29) is 11.7 Å². The second-order valence-electron chi connectivity index (χ2n) is 7.11. The summed E-state index contributed by atoms with van der Waals surface area (Å²) in [6.07, 6.45) is 1.61. The van der Waals surface area contributed by atoms with Gasteiger partial charge in [0.15, 0.2) is 11.0 Å². The SMILES string of the molecule is COC(=O)c1ccc(NC(=O)CSc2nnc(-c3cccc(OC)c3)n2Cc2ccco2)cc1. The number of aromatic nitrogens is 3. The molecule has 2 aromatic heterocycles. The molecular weight excluding hydrogens is 456 g/mol. The van der Waals surface area contributed by atoms with Gasteiger partial charge in [0, 0.05) is 11.3 Å². The van der Waals surface area contributed by atoms with Crippen LogP contribution in [0.3, 0.4) is 0 Å². The maximum absolute atomic E-state index is 12.5. The number of methoxy groups -OCH3 is 2. The van der Waals surface area contributed by atoms with Crippen molar-refractivity contribution < 1.29 is 23.5 Å². The minimum atomic E-state index is -0.434. The van der Waals surface area contributed by atoms with Gasteiger partial charge in [0.25, 0.3) is 0 Å². The Hall–Kier alpha value is -4.05. The number of hydrogen-bond acceptors (Lipinski definition) is 8. The van der Waals surface area contributed by atoms with Gasteiger partial charge >= 0.3 is 5.97 Å². The standard InChI is InChI=1S/C24H22N4O5S/c1-31-19-6-3-5-17(13-19)22-26-27-24(28(22)14-20-7-4-12-33-20)34-15-21(29)25-18-10-8-16(9-11-18)23(30)32-2/h3-13H,14-15H2,1-2H3,(H,25,29). The molecule has 0 saturated heterocycles. The number of nitrogens with zero attached hydrogens (tertiary/aromatic N) is 3.